The van der Waals surface area contributed by atoms with Gasteiger partial charge in [-0.2, -0.15) is 26.3 Å². The van der Waals surface area contributed by atoms with Crippen molar-refractivity contribution >= 4 is 21.7 Å². The predicted molar refractivity (Wildman–Crippen MR) is 168 cm³/mol. The molecule has 0 aromatic heterocycles. The number of amides is 1. The molecule has 0 radical (unpaired) electrons. The first kappa shape index (κ1) is 39.0. The zero-order valence-corrected chi connectivity index (χ0v) is 28.3. The minimum atomic E-state index is -6.17. The molecule has 1 aliphatic carbocycles. The summed E-state index contributed by atoms with van der Waals surface area (Å²) in [5.74, 6) is -5.07. The highest BCUT2D eigenvalue weighted by Crippen LogP contribution is 2.54. The average Bonchev–Trinajstić information content (AvgIpc) is 3.55. The second-order valence-corrected chi connectivity index (χ2v) is 15.1. The Morgan fingerprint density at radius 3 is 1.98 bits per heavy atom. The van der Waals surface area contributed by atoms with E-state index in [0.29, 0.717) is 12.1 Å². The van der Waals surface area contributed by atoms with Gasteiger partial charge in [-0.15, -0.1) is 0 Å². The Bertz CT molecular complexity index is 1880. The van der Waals surface area contributed by atoms with E-state index in [0.717, 1.165) is 61.7 Å². The van der Waals surface area contributed by atoms with Crippen molar-refractivity contribution in [3.63, 3.8) is 0 Å². The summed E-state index contributed by atoms with van der Waals surface area (Å²) in [4.78, 5) is 25.8. The highest BCUT2D eigenvalue weighted by atomic mass is 32.2. The van der Waals surface area contributed by atoms with Crippen molar-refractivity contribution in [3.8, 4) is 5.75 Å². The number of methoxy groups -OCH3 is 1. The minimum Gasteiger partial charge on any atom is -0.496 e. The monoisotopic (exact) mass is 763 g/mol. The fraction of sp³-hybridized carbons (Fsp3) is 0.429. The smallest absolute Gasteiger partial charge is 0.430 e. The maximum atomic E-state index is 14.7. The van der Waals surface area contributed by atoms with Crippen molar-refractivity contribution in [2.24, 2.45) is 11.8 Å². The molecule has 2 aliphatic rings. The molecule has 1 saturated carbocycles. The van der Waals surface area contributed by atoms with Gasteiger partial charge in [-0.25, -0.2) is 17.2 Å². The second kappa shape index (κ2) is 14.3. The van der Waals surface area contributed by atoms with Crippen LogP contribution in [0.15, 0.2) is 71.6 Å². The highest BCUT2D eigenvalue weighted by Gasteiger charge is 2.73. The summed E-state index contributed by atoms with van der Waals surface area (Å²) < 4.78 is 152. The lowest BCUT2D eigenvalue weighted by Crippen LogP contribution is -2.56. The van der Waals surface area contributed by atoms with Crippen LogP contribution in [0.25, 0.3) is 0 Å². The molecule has 1 amide bonds. The molecule has 1 heterocycles. The van der Waals surface area contributed by atoms with E-state index in [2.05, 4.69) is 4.74 Å². The number of hydrogen-bond donors (Lipinski definition) is 1. The number of sulfone groups is 1. The molecule has 52 heavy (non-hydrogen) atoms. The number of halogens is 8. The molecule has 1 saturated heterocycles. The van der Waals surface area contributed by atoms with E-state index in [1.54, 1.807) is 0 Å². The second-order valence-electron chi connectivity index (χ2n) is 12.8. The number of alkyl halides is 6. The Balaban J connectivity index is 1.57. The topological polar surface area (TPSA) is 110 Å². The zero-order chi connectivity index (χ0) is 38.3. The van der Waals surface area contributed by atoms with Gasteiger partial charge in [0, 0.05) is 24.6 Å². The molecule has 2 fully saturated rings. The molecule has 5 rings (SSSR count). The lowest BCUT2D eigenvalue weighted by atomic mass is 9.81. The Morgan fingerprint density at radius 2 is 1.44 bits per heavy atom. The number of likely N-dealkylation sites (tertiary alicyclic amines) is 1. The molecule has 0 unspecified atom stereocenters. The number of carboxylic acids is 1. The molecule has 1 atom stereocenters. The quantitative estimate of drug-likeness (QED) is 0.171. The summed E-state index contributed by atoms with van der Waals surface area (Å²) in [6.45, 7) is -2.23. The number of rotatable bonds is 10. The molecule has 0 spiro atoms. The first-order chi connectivity index (χ1) is 24.3. The molecule has 0 bridgehead atoms. The van der Waals surface area contributed by atoms with E-state index in [4.69, 9.17) is 4.74 Å². The molecule has 17 heteroatoms. The van der Waals surface area contributed by atoms with Crippen LogP contribution >= 0.6 is 0 Å². The van der Waals surface area contributed by atoms with E-state index >= 15 is 0 Å². The van der Waals surface area contributed by atoms with Crippen LogP contribution in [0.5, 0.6) is 5.75 Å². The number of carbonyl (C=O) groups is 2. The Labute approximate surface area is 293 Å². The van der Waals surface area contributed by atoms with E-state index in [1.165, 1.54) is 4.90 Å². The largest absolute Gasteiger partial charge is 0.496 e. The lowest BCUT2D eigenvalue weighted by Gasteiger charge is -2.38. The van der Waals surface area contributed by atoms with Crippen molar-refractivity contribution in [2.75, 3.05) is 20.2 Å². The van der Waals surface area contributed by atoms with Gasteiger partial charge in [0.15, 0.2) is 9.84 Å². The van der Waals surface area contributed by atoms with Crippen molar-refractivity contribution in [1.82, 2.24) is 4.90 Å². The van der Waals surface area contributed by atoms with Gasteiger partial charge in [-0.05, 0) is 74.1 Å². The van der Waals surface area contributed by atoms with Gasteiger partial charge in [-0.3, -0.25) is 9.59 Å². The molecule has 1 aliphatic heterocycles. The van der Waals surface area contributed by atoms with E-state index in [-0.39, 0.29) is 50.0 Å². The molecular formula is C35H33F8NO7S. The standard InChI is InChI=1S/C35H33F8NO7S/c1-50-29-4-2-3-28(37)27(29)19-51-33(34(38,39)40,35(41,42)43)24-11-9-23(10-12-24)32(52(48,49)26-15-13-25(36)14-16-26)17-18-44(20-32)30(45)21-5-7-22(8-6-21)31(46)47/h2-4,9-16,21-22H,5-8,17-20H2,1H3,(H,46,47)/t21-,22-,32-/m0/s1. The predicted octanol–water partition coefficient (Wildman–Crippen LogP) is 7.30. The molecule has 3 aromatic carbocycles. The SMILES string of the molecule is COc1cccc(F)c1COC(c1ccc([C@]2(S(=O)(=O)c3ccc(F)cc3)CCN(C(=O)[C@H]3CC[C@H](C(=O)O)CC3)C2)cc1)(C(F)(F)F)C(F)(F)F. The van der Waals surface area contributed by atoms with Crippen LogP contribution in [0.2, 0.25) is 0 Å². The van der Waals surface area contributed by atoms with Crippen molar-refractivity contribution in [2.45, 2.75) is 66.3 Å². The normalized spacial score (nSPS) is 21.6. The lowest BCUT2D eigenvalue weighted by molar-refractivity contribution is -0.392. The average molecular weight is 764 g/mol. The van der Waals surface area contributed by atoms with Gasteiger partial charge in [0.2, 0.25) is 5.91 Å². The summed E-state index contributed by atoms with van der Waals surface area (Å²) in [5.41, 5.74) is -7.46. The van der Waals surface area contributed by atoms with E-state index in [9.17, 15) is 58.2 Å². The number of benzene rings is 3. The van der Waals surface area contributed by atoms with Crippen LogP contribution in [-0.2, 0) is 41.1 Å². The summed E-state index contributed by atoms with van der Waals surface area (Å²) in [5, 5.41) is 9.32. The number of carboxylic acid groups (broad SMARTS) is 1. The molecule has 3 aromatic rings. The molecule has 8 nitrogen and oxygen atoms in total. The number of carbonyl (C=O) groups excluding carboxylic acids is 1. The van der Waals surface area contributed by atoms with Crippen molar-refractivity contribution < 1.29 is 67.7 Å². The summed E-state index contributed by atoms with van der Waals surface area (Å²) in [6.07, 6.45) is -11.8. The van der Waals surface area contributed by atoms with Gasteiger partial charge >= 0.3 is 18.3 Å². The summed E-state index contributed by atoms with van der Waals surface area (Å²) >= 11 is 0. The number of nitrogens with zero attached hydrogens (tertiary/aromatic N) is 1. The van der Waals surface area contributed by atoms with Crippen LogP contribution < -0.4 is 4.74 Å². The van der Waals surface area contributed by atoms with Crippen LogP contribution in [0.4, 0.5) is 35.1 Å². The fourth-order valence-electron chi connectivity index (χ4n) is 7.06. The number of aliphatic carboxylic acids is 1. The Hall–Kier alpha value is -4.25. The maximum Gasteiger partial charge on any atom is 0.430 e. The summed E-state index contributed by atoms with van der Waals surface area (Å²) in [6, 6.07) is 9.12. The number of ether oxygens (including phenoxy) is 2. The highest BCUT2D eigenvalue weighted by molar-refractivity contribution is 7.92. The van der Waals surface area contributed by atoms with Gasteiger partial charge in [0.1, 0.15) is 22.1 Å². The fourth-order valence-corrected chi connectivity index (χ4v) is 9.14. The van der Waals surface area contributed by atoms with Crippen molar-refractivity contribution in [3.05, 3.63) is 95.1 Å². The summed E-state index contributed by atoms with van der Waals surface area (Å²) in [7, 11) is -3.58. The van der Waals surface area contributed by atoms with Crippen LogP contribution in [0.3, 0.4) is 0 Å². The minimum absolute atomic E-state index is 0.164. The van der Waals surface area contributed by atoms with Crippen molar-refractivity contribution in [1.29, 1.82) is 0 Å². The van der Waals surface area contributed by atoms with Gasteiger partial charge < -0.3 is 19.5 Å². The van der Waals surface area contributed by atoms with Gasteiger partial charge in [0.25, 0.3) is 5.60 Å². The third-order valence-electron chi connectivity index (χ3n) is 9.95. The first-order valence-corrected chi connectivity index (χ1v) is 17.5. The number of hydrogen-bond acceptors (Lipinski definition) is 6. The molecular weight excluding hydrogens is 730 g/mol. The first-order valence-electron chi connectivity index (χ1n) is 16.0. The van der Waals surface area contributed by atoms with E-state index in [1.807, 2.05) is 0 Å². The van der Waals surface area contributed by atoms with Gasteiger partial charge in [0.05, 0.1) is 30.1 Å². The van der Waals surface area contributed by atoms with Gasteiger partial charge in [-0.1, -0.05) is 30.3 Å². The Kier molecular flexibility index (Phi) is 10.7. The van der Waals surface area contributed by atoms with Crippen LogP contribution in [-0.4, -0.2) is 62.9 Å². The Morgan fingerprint density at radius 1 is 0.865 bits per heavy atom. The van der Waals surface area contributed by atoms with Crippen LogP contribution in [0.1, 0.15) is 48.8 Å². The third-order valence-corrected chi connectivity index (χ3v) is 12.4. The van der Waals surface area contributed by atoms with Crippen LogP contribution in [0, 0.1) is 23.5 Å². The van der Waals surface area contributed by atoms with E-state index < -0.39 is 97.1 Å². The third kappa shape index (κ3) is 6.84. The molecule has 1 N–H and O–H groups in total. The molecule has 282 valence electrons. The zero-order valence-electron chi connectivity index (χ0n) is 27.4. The maximum absolute atomic E-state index is 14.7.